The van der Waals surface area contributed by atoms with Crippen molar-refractivity contribution in [3.63, 3.8) is 0 Å². The first-order valence-electron chi connectivity index (χ1n) is 11.0. The Kier molecular flexibility index (Phi) is 10.8. The van der Waals surface area contributed by atoms with Crippen molar-refractivity contribution in [2.24, 2.45) is 0 Å². The molecule has 0 saturated heterocycles. The molecule has 190 valence electrons. The van der Waals surface area contributed by atoms with E-state index in [9.17, 15) is 4.39 Å². The second-order valence-electron chi connectivity index (χ2n) is 7.60. The van der Waals surface area contributed by atoms with Gasteiger partial charge in [0.05, 0.1) is 17.8 Å². The van der Waals surface area contributed by atoms with Crippen molar-refractivity contribution in [3.8, 4) is 17.2 Å². The number of rotatable bonds is 12. The van der Waals surface area contributed by atoms with Crippen LogP contribution in [0.3, 0.4) is 0 Å². The minimum atomic E-state index is -0.376. The van der Waals surface area contributed by atoms with E-state index in [0.29, 0.717) is 28.6 Å². The molecule has 0 atom stereocenters. The van der Waals surface area contributed by atoms with E-state index in [-0.39, 0.29) is 24.8 Å². The molecule has 3 aromatic carbocycles. The van der Waals surface area contributed by atoms with Gasteiger partial charge in [0.1, 0.15) is 12.4 Å². The predicted octanol–water partition coefficient (Wildman–Crippen LogP) is 5.74. The number of ether oxygens (including phenoxy) is 2. The number of tetrazole rings is 1. The van der Waals surface area contributed by atoms with E-state index in [0.717, 1.165) is 35.1 Å². The van der Waals surface area contributed by atoms with Gasteiger partial charge in [-0.05, 0) is 65.4 Å². The highest BCUT2D eigenvalue weighted by Crippen LogP contribution is 2.30. The van der Waals surface area contributed by atoms with Crippen LogP contribution in [0, 0.1) is 5.82 Å². The fourth-order valence-electron chi connectivity index (χ4n) is 3.33. The van der Waals surface area contributed by atoms with Crippen LogP contribution in [0.25, 0.3) is 5.69 Å². The minimum absolute atomic E-state index is 0. The average molecular weight is 550 g/mol. The Bertz CT molecular complexity index is 1250. The monoisotopic (exact) mass is 549 g/mol. The Labute approximate surface area is 224 Å². The van der Waals surface area contributed by atoms with Crippen LogP contribution in [0.4, 0.5) is 4.39 Å². The van der Waals surface area contributed by atoms with Gasteiger partial charge in [0.25, 0.3) is 0 Å². The average Bonchev–Trinajstić information content (AvgIpc) is 3.35. The Hall–Kier alpha value is -2.85. The van der Waals surface area contributed by atoms with Gasteiger partial charge in [-0.25, -0.2) is 4.39 Å². The highest BCUT2D eigenvalue weighted by atomic mass is 35.5. The number of aromatic nitrogens is 4. The number of halogens is 3. The molecule has 36 heavy (non-hydrogen) atoms. The number of thioether (sulfide) groups is 1. The van der Waals surface area contributed by atoms with Crippen LogP contribution in [-0.4, -0.2) is 39.6 Å². The lowest BCUT2D eigenvalue weighted by Crippen LogP contribution is -2.15. The standard InChI is InChI=1S/C25H25ClFN5O2S.ClH/c1-33-24-14-18(8-11-23(24)34-17-19-9-10-20(27)15-22(19)26)16-28-12-5-13-35-25-29-30-31-32(25)21-6-3-2-4-7-21;/h2-4,6-11,14-15,28H,5,12-13,16-17H2,1H3;1H. The lowest BCUT2D eigenvalue weighted by atomic mass is 10.2. The summed E-state index contributed by atoms with van der Waals surface area (Å²) in [6.45, 7) is 1.77. The third-order valence-electron chi connectivity index (χ3n) is 5.13. The SMILES string of the molecule is COc1cc(CNCCCSc2nnnn2-c2ccccc2)ccc1OCc1ccc(F)cc1Cl.Cl. The van der Waals surface area contributed by atoms with Crippen LogP contribution in [0.2, 0.25) is 5.02 Å². The van der Waals surface area contributed by atoms with Crippen LogP contribution in [-0.2, 0) is 13.2 Å². The Morgan fingerprint density at radius 3 is 2.67 bits per heavy atom. The van der Waals surface area contributed by atoms with Crippen LogP contribution < -0.4 is 14.8 Å². The van der Waals surface area contributed by atoms with Gasteiger partial charge in [0, 0.05) is 17.9 Å². The molecule has 0 radical (unpaired) electrons. The Morgan fingerprint density at radius 1 is 1.06 bits per heavy atom. The molecular weight excluding hydrogens is 524 g/mol. The Morgan fingerprint density at radius 2 is 1.89 bits per heavy atom. The molecular formula is C25H26Cl2FN5O2S. The Balaban J connectivity index is 0.00000361. The van der Waals surface area contributed by atoms with E-state index in [1.807, 2.05) is 48.5 Å². The van der Waals surface area contributed by atoms with Gasteiger partial charge in [-0.1, -0.05) is 53.7 Å². The first-order valence-corrected chi connectivity index (χ1v) is 12.4. The largest absolute Gasteiger partial charge is 0.493 e. The topological polar surface area (TPSA) is 74.1 Å². The van der Waals surface area contributed by atoms with Gasteiger partial charge >= 0.3 is 0 Å². The summed E-state index contributed by atoms with van der Waals surface area (Å²) in [5.74, 6) is 1.75. The zero-order valence-corrected chi connectivity index (χ0v) is 22.0. The molecule has 0 spiro atoms. The van der Waals surface area contributed by atoms with E-state index in [1.165, 1.54) is 12.1 Å². The van der Waals surface area contributed by atoms with Gasteiger partial charge < -0.3 is 14.8 Å². The maximum atomic E-state index is 13.2. The number of para-hydroxylation sites is 1. The molecule has 0 unspecified atom stereocenters. The molecule has 0 aliphatic rings. The summed E-state index contributed by atoms with van der Waals surface area (Å²) < 4.78 is 26.3. The van der Waals surface area contributed by atoms with E-state index in [1.54, 1.807) is 29.6 Å². The molecule has 4 aromatic rings. The zero-order chi connectivity index (χ0) is 24.5. The summed E-state index contributed by atoms with van der Waals surface area (Å²) >= 11 is 7.71. The second kappa shape index (κ2) is 14.0. The molecule has 0 saturated carbocycles. The molecule has 0 amide bonds. The maximum Gasteiger partial charge on any atom is 0.214 e. The molecule has 1 heterocycles. The number of methoxy groups -OCH3 is 1. The molecule has 11 heteroatoms. The summed E-state index contributed by atoms with van der Waals surface area (Å²) in [4.78, 5) is 0. The quantitative estimate of drug-likeness (QED) is 0.178. The summed E-state index contributed by atoms with van der Waals surface area (Å²) in [6.07, 6.45) is 0.961. The van der Waals surface area contributed by atoms with Gasteiger partial charge in [0.2, 0.25) is 5.16 Å². The predicted molar refractivity (Wildman–Crippen MR) is 142 cm³/mol. The van der Waals surface area contributed by atoms with Crippen molar-refractivity contribution in [3.05, 3.63) is 88.7 Å². The van der Waals surface area contributed by atoms with Crippen LogP contribution in [0.5, 0.6) is 11.5 Å². The van der Waals surface area contributed by atoms with E-state index in [2.05, 4.69) is 20.8 Å². The highest BCUT2D eigenvalue weighted by molar-refractivity contribution is 7.99. The van der Waals surface area contributed by atoms with Gasteiger partial charge in [-0.15, -0.1) is 17.5 Å². The third-order valence-corrected chi connectivity index (χ3v) is 6.48. The normalized spacial score (nSPS) is 10.6. The maximum absolute atomic E-state index is 13.2. The molecule has 0 aliphatic heterocycles. The summed E-state index contributed by atoms with van der Waals surface area (Å²) in [7, 11) is 1.60. The van der Waals surface area contributed by atoms with Crippen molar-refractivity contribution in [2.75, 3.05) is 19.4 Å². The molecule has 0 bridgehead atoms. The highest BCUT2D eigenvalue weighted by Gasteiger charge is 2.10. The van der Waals surface area contributed by atoms with E-state index in [4.69, 9.17) is 21.1 Å². The van der Waals surface area contributed by atoms with Crippen molar-refractivity contribution in [1.82, 2.24) is 25.5 Å². The van der Waals surface area contributed by atoms with Crippen LogP contribution in [0.1, 0.15) is 17.5 Å². The second-order valence-corrected chi connectivity index (χ2v) is 9.07. The fraction of sp³-hybridized carbons (Fsp3) is 0.240. The van der Waals surface area contributed by atoms with E-state index < -0.39 is 0 Å². The molecule has 1 aromatic heterocycles. The third kappa shape index (κ3) is 7.57. The van der Waals surface area contributed by atoms with Gasteiger partial charge in [-0.2, -0.15) is 4.68 Å². The summed E-state index contributed by atoms with van der Waals surface area (Å²) in [5, 5.41) is 16.6. The number of hydrogen-bond donors (Lipinski definition) is 1. The van der Waals surface area contributed by atoms with Crippen molar-refractivity contribution < 1.29 is 13.9 Å². The summed E-state index contributed by atoms with van der Waals surface area (Å²) in [6, 6.07) is 19.9. The minimum Gasteiger partial charge on any atom is -0.493 e. The number of benzene rings is 3. The smallest absolute Gasteiger partial charge is 0.214 e. The van der Waals surface area contributed by atoms with Crippen LogP contribution >= 0.6 is 35.8 Å². The first-order chi connectivity index (χ1) is 17.1. The fourth-order valence-corrected chi connectivity index (χ4v) is 4.38. The number of nitrogens with zero attached hydrogens (tertiary/aromatic N) is 4. The molecule has 4 rings (SSSR count). The lowest BCUT2D eigenvalue weighted by Gasteiger charge is -2.13. The van der Waals surface area contributed by atoms with Gasteiger partial charge in [-0.3, -0.25) is 0 Å². The number of nitrogens with one attached hydrogen (secondary N) is 1. The van der Waals surface area contributed by atoms with Gasteiger partial charge in [0.15, 0.2) is 11.5 Å². The zero-order valence-electron chi connectivity index (χ0n) is 19.6. The molecule has 0 fully saturated rings. The van der Waals surface area contributed by atoms with Crippen molar-refractivity contribution in [1.29, 1.82) is 0 Å². The molecule has 0 aliphatic carbocycles. The van der Waals surface area contributed by atoms with E-state index >= 15 is 0 Å². The van der Waals surface area contributed by atoms with Crippen molar-refractivity contribution >= 4 is 35.8 Å². The first kappa shape index (κ1) is 27.7. The number of hydrogen-bond acceptors (Lipinski definition) is 7. The summed E-state index contributed by atoms with van der Waals surface area (Å²) in [5.41, 5.74) is 2.73. The molecule has 1 N–H and O–H groups in total. The lowest BCUT2D eigenvalue weighted by molar-refractivity contribution is 0.284. The van der Waals surface area contributed by atoms with Crippen molar-refractivity contribution in [2.45, 2.75) is 24.7 Å². The molecule has 7 nitrogen and oxygen atoms in total. The van der Waals surface area contributed by atoms with Crippen LogP contribution in [0.15, 0.2) is 71.9 Å².